The molecule has 106 valence electrons. The molecule has 0 aliphatic heterocycles. The Morgan fingerprint density at radius 1 is 1.10 bits per heavy atom. The van der Waals surface area contributed by atoms with Gasteiger partial charge in [0.25, 0.3) is 0 Å². The van der Waals surface area contributed by atoms with Crippen LogP contribution in [0.25, 0.3) is 0 Å². The number of hydrogen-bond donors (Lipinski definition) is 1. The van der Waals surface area contributed by atoms with Crippen LogP contribution in [0, 0.1) is 12.7 Å². The molecule has 0 amide bonds. The Hall–Kier alpha value is -1.67. The minimum atomic E-state index is -0.125. The summed E-state index contributed by atoms with van der Waals surface area (Å²) in [4.78, 5) is 0. The molecule has 0 spiro atoms. The predicted octanol–water partition coefficient (Wildman–Crippen LogP) is 4.42. The first kappa shape index (κ1) is 14.7. The lowest BCUT2D eigenvalue weighted by Gasteiger charge is -2.15. The van der Waals surface area contributed by atoms with E-state index in [2.05, 4.69) is 36.5 Å². The normalized spacial score (nSPS) is 12.3. The van der Waals surface area contributed by atoms with Gasteiger partial charge in [0.15, 0.2) is 0 Å². The Morgan fingerprint density at radius 3 is 2.55 bits per heavy atom. The molecule has 1 nitrogen and oxygen atoms in total. The molecule has 0 radical (unpaired) electrons. The van der Waals surface area contributed by atoms with Crippen molar-refractivity contribution in [2.75, 3.05) is 6.54 Å². The fourth-order valence-electron chi connectivity index (χ4n) is 2.25. The first-order chi connectivity index (χ1) is 9.66. The quantitative estimate of drug-likeness (QED) is 0.767. The van der Waals surface area contributed by atoms with Gasteiger partial charge in [0.2, 0.25) is 0 Å². The number of rotatable bonds is 6. The lowest BCUT2D eigenvalue weighted by Crippen LogP contribution is -2.20. The van der Waals surface area contributed by atoms with E-state index < -0.39 is 0 Å². The fourth-order valence-corrected chi connectivity index (χ4v) is 2.25. The summed E-state index contributed by atoms with van der Waals surface area (Å²) in [5.41, 5.74) is 3.07. The van der Waals surface area contributed by atoms with Crippen LogP contribution in [-0.4, -0.2) is 6.54 Å². The summed E-state index contributed by atoms with van der Waals surface area (Å²) in [5.74, 6) is -0.125. The van der Waals surface area contributed by atoms with E-state index in [1.54, 1.807) is 13.0 Å². The van der Waals surface area contributed by atoms with Gasteiger partial charge >= 0.3 is 0 Å². The van der Waals surface area contributed by atoms with E-state index in [-0.39, 0.29) is 11.9 Å². The molecule has 0 saturated carbocycles. The van der Waals surface area contributed by atoms with Crippen LogP contribution in [0.3, 0.4) is 0 Å². The molecule has 1 atom stereocenters. The van der Waals surface area contributed by atoms with Gasteiger partial charge in [-0.3, -0.25) is 0 Å². The average Bonchev–Trinajstić information content (AvgIpc) is 2.47. The van der Waals surface area contributed by atoms with Crippen molar-refractivity contribution in [2.24, 2.45) is 0 Å². The smallest absolute Gasteiger partial charge is 0.126 e. The highest BCUT2D eigenvalue weighted by Crippen LogP contribution is 2.16. The number of halogens is 1. The van der Waals surface area contributed by atoms with Crippen LogP contribution in [-0.2, 0) is 6.42 Å². The lowest BCUT2D eigenvalue weighted by atomic mass is 10.1. The van der Waals surface area contributed by atoms with Gasteiger partial charge in [0, 0.05) is 6.04 Å². The van der Waals surface area contributed by atoms with Crippen molar-refractivity contribution in [3.05, 3.63) is 71.0 Å². The summed E-state index contributed by atoms with van der Waals surface area (Å²) in [6.07, 6.45) is 2.16. The summed E-state index contributed by atoms with van der Waals surface area (Å²) in [7, 11) is 0. The number of nitrogens with one attached hydrogen (secondary N) is 1. The summed E-state index contributed by atoms with van der Waals surface area (Å²) in [6.45, 7) is 4.80. The number of hydrogen-bond acceptors (Lipinski definition) is 1. The molecule has 2 aromatic carbocycles. The predicted molar refractivity (Wildman–Crippen MR) is 82.3 cm³/mol. The van der Waals surface area contributed by atoms with Gasteiger partial charge in [-0.1, -0.05) is 42.5 Å². The summed E-state index contributed by atoms with van der Waals surface area (Å²) in [5, 5.41) is 3.45. The van der Waals surface area contributed by atoms with E-state index in [9.17, 15) is 4.39 Å². The highest BCUT2D eigenvalue weighted by molar-refractivity contribution is 5.25. The molecule has 1 unspecified atom stereocenters. The minimum Gasteiger partial charge on any atom is -0.310 e. The second-order valence-corrected chi connectivity index (χ2v) is 5.27. The molecule has 0 bridgehead atoms. The van der Waals surface area contributed by atoms with Crippen LogP contribution in [0.15, 0.2) is 48.5 Å². The third-order valence-electron chi connectivity index (χ3n) is 3.63. The maximum absolute atomic E-state index is 13.5. The molecule has 0 fully saturated rings. The highest BCUT2D eigenvalue weighted by atomic mass is 19.1. The Labute approximate surface area is 120 Å². The van der Waals surface area contributed by atoms with Crippen molar-refractivity contribution in [3.63, 3.8) is 0 Å². The van der Waals surface area contributed by atoms with Gasteiger partial charge in [-0.25, -0.2) is 4.39 Å². The third kappa shape index (κ3) is 4.17. The lowest BCUT2D eigenvalue weighted by molar-refractivity contribution is 0.550. The Kier molecular flexibility index (Phi) is 5.31. The van der Waals surface area contributed by atoms with Gasteiger partial charge in [0.1, 0.15) is 5.82 Å². The maximum atomic E-state index is 13.5. The van der Waals surface area contributed by atoms with Gasteiger partial charge in [-0.2, -0.15) is 0 Å². The van der Waals surface area contributed by atoms with Crippen molar-refractivity contribution in [1.82, 2.24) is 5.32 Å². The first-order valence-electron chi connectivity index (χ1n) is 7.20. The molecule has 0 aliphatic rings. The SMILES string of the molecule is Cc1ccc(C(C)NCCCc2ccccc2)cc1F. The van der Waals surface area contributed by atoms with Gasteiger partial charge in [-0.05, 0) is 56.0 Å². The summed E-state index contributed by atoms with van der Waals surface area (Å²) < 4.78 is 13.5. The molecule has 0 aromatic heterocycles. The zero-order chi connectivity index (χ0) is 14.4. The van der Waals surface area contributed by atoms with E-state index in [4.69, 9.17) is 0 Å². The molecule has 2 aromatic rings. The molecule has 2 rings (SSSR count). The standard InChI is InChI=1S/C18H22FN/c1-14-10-11-17(13-18(14)19)15(2)20-12-6-9-16-7-4-3-5-8-16/h3-5,7-8,10-11,13,15,20H,6,9,12H2,1-2H3. The second kappa shape index (κ2) is 7.20. The Morgan fingerprint density at radius 2 is 1.85 bits per heavy atom. The molecular weight excluding hydrogens is 249 g/mol. The molecule has 0 saturated heterocycles. The maximum Gasteiger partial charge on any atom is 0.126 e. The van der Waals surface area contributed by atoms with E-state index in [1.165, 1.54) is 5.56 Å². The van der Waals surface area contributed by atoms with E-state index >= 15 is 0 Å². The van der Waals surface area contributed by atoms with Crippen LogP contribution in [0.2, 0.25) is 0 Å². The Bertz CT molecular complexity index is 536. The molecule has 20 heavy (non-hydrogen) atoms. The van der Waals surface area contributed by atoms with Gasteiger partial charge < -0.3 is 5.32 Å². The van der Waals surface area contributed by atoms with E-state index in [1.807, 2.05) is 18.2 Å². The summed E-state index contributed by atoms with van der Waals surface area (Å²) >= 11 is 0. The van der Waals surface area contributed by atoms with Crippen LogP contribution in [0.5, 0.6) is 0 Å². The average molecular weight is 271 g/mol. The van der Waals surface area contributed by atoms with Crippen LogP contribution in [0.1, 0.15) is 36.1 Å². The largest absolute Gasteiger partial charge is 0.310 e. The second-order valence-electron chi connectivity index (χ2n) is 5.27. The fraction of sp³-hybridized carbons (Fsp3) is 0.333. The molecular formula is C18H22FN. The highest BCUT2D eigenvalue weighted by Gasteiger charge is 2.06. The third-order valence-corrected chi connectivity index (χ3v) is 3.63. The molecule has 1 N–H and O–H groups in total. The first-order valence-corrected chi connectivity index (χ1v) is 7.20. The van der Waals surface area contributed by atoms with Crippen LogP contribution < -0.4 is 5.32 Å². The van der Waals surface area contributed by atoms with Crippen LogP contribution in [0.4, 0.5) is 4.39 Å². The minimum absolute atomic E-state index is 0.125. The van der Waals surface area contributed by atoms with E-state index in [0.29, 0.717) is 5.56 Å². The van der Waals surface area contributed by atoms with E-state index in [0.717, 1.165) is 24.9 Å². The van der Waals surface area contributed by atoms with Crippen molar-refractivity contribution in [1.29, 1.82) is 0 Å². The van der Waals surface area contributed by atoms with Crippen molar-refractivity contribution >= 4 is 0 Å². The van der Waals surface area contributed by atoms with Crippen molar-refractivity contribution < 1.29 is 4.39 Å². The summed E-state index contributed by atoms with van der Waals surface area (Å²) in [6, 6.07) is 16.1. The molecule has 2 heteroatoms. The molecule has 0 heterocycles. The molecule has 0 aliphatic carbocycles. The zero-order valence-corrected chi connectivity index (χ0v) is 12.2. The topological polar surface area (TPSA) is 12.0 Å². The van der Waals surface area contributed by atoms with Crippen molar-refractivity contribution in [2.45, 2.75) is 32.7 Å². The van der Waals surface area contributed by atoms with Crippen LogP contribution >= 0.6 is 0 Å². The Balaban J connectivity index is 1.77. The number of aryl methyl sites for hydroxylation is 2. The van der Waals surface area contributed by atoms with Gasteiger partial charge in [-0.15, -0.1) is 0 Å². The van der Waals surface area contributed by atoms with Gasteiger partial charge in [0.05, 0.1) is 0 Å². The van der Waals surface area contributed by atoms with Crippen molar-refractivity contribution in [3.8, 4) is 0 Å². The zero-order valence-electron chi connectivity index (χ0n) is 12.2. The monoisotopic (exact) mass is 271 g/mol. The number of benzene rings is 2.